The molecule has 1 atom stereocenters. The van der Waals surface area contributed by atoms with Crippen LogP contribution in [0.5, 0.6) is 0 Å². The van der Waals surface area contributed by atoms with Crippen LogP contribution in [0.25, 0.3) is 0 Å². The third-order valence-electron chi connectivity index (χ3n) is 1.67. The Hall–Kier alpha value is -0.500. The lowest BCUT2D eigenvalue weighted by Gasteiger charge is -2.21. The number of hydrogen-bond donors (Lipinski definition) is 0. The van der Waals surface area contributed by atoms with Crippen molar-refractivity contribution in [2.24, 2.45) is 0 Å². The first-order valence-electron chi connectivity index (χ1n) is 3.77. The molecule has 0 aromatic carbocycles. The van der Waals surface area contributed by atoms with Gasteiger partial charge in [-0.15, -0.1) is 0 Å². The predicted octanol–water partition coefficient (Wildman–Crippen LogP) is 1.72. The van der Waals surface area contributed by atoms with E-state index in [0.29, 0.717) is 12.7 Å². The fraction of sp³-hybridized carbons (Fsp3) is 0.750. The summed E-state index contributed by atoms with van der Waals surface area (Å²) in [5.41, 5.74) is 0. The van der Waals surface area contributed by atoms with Crippen LogP contribution >= 0.6 is 0 Å². The molecule has 1 heterocycles. The zero-order chi connectivity index (χ0) is 7.23. The van der Waals surface area contributed by atoms with Gasteiger partial charge in [0.2, 0.25) is 0 Å². The molecule has 2 heteroatoms. The molecule has 0 bridgehead atoms. The average Bonchev–Trinajstić information content (AvgIpc) is 2.03. The summed E-state index contributed by atoms with van der Waals surface area (Å²) in [6, 6.07) is 0. The first kappa shape index (κ1) is 7.61. The molecular weight excluding hydrogens is 128 g/mol. The molecule has 0 aromatic heterocycles. The maximum absolute atomic E-state index is 5.41. The summed E-state index contributed by atoms with van der Waals surface area (Å²) in [6.45, 7) is 5.03. The first-order chi connectivity index (χ1) is 4.93. The van der Waals surface area contributed by atoms with E-state index in [-0.39, 0.29) is 0 Å². The van der Waals surface area contributed by atoms with Crippen LogP contribution in [0, 0.1) is 0 Å². The second kappa shape index (κ2) is 4.34. The Morgan fingerprint density at radius 1 is 1.60 bits per heavy atom. The van der Waals surface area contributed by atoms with Crippen molar-refractivity contribution in [1.82, 2.24) is 0 Å². The Kier molecular flexibility index (Phi) is 3.30. The van der Waals surface area contributed by atoms with Gasteiger partial charge >= 0.3 is 0 Å². The molecule has 0 N–H and O–H groups in total. The van der Waals surface area contributed by atoms with Gasteiger partial charge in [0, 0.05) is 6.61 Å². The summed E-state index contributed by atoms with van der Waals surface area (Å²) in [6.07, 6.45) is 5.38. The van der Waals surface area contributed by atoms with Gasteiger partial charge < -0.3 is 9.47 Å². The lowest BCUT2D eigenvalue weighted by molar-refractivity contribution is -0.0207. The van der Waals surface area contributed by atoms with Crippen LogP contribution in [0.3, 0.4) is 0 Å². The first-order valence-corrected chi connectivity index (χ1v) is 3.77. The summed E-state index contributed by atoms with van der Waals surface area (Å²) in [5, 5.41) is 0. The van der Waals surface area contributed by atoms with Crippen molar-refractivity contribution in [3.63, 3.8) is 0 Å². The normalized spacial score (nSPS) is 25.8. The Labute approximate surface area is 61.8 Å². The van der Waals surface area contributed by atoms with Crippen molar-refractivity contribution >= 4 is 0 Å². The fourth-order valence-electron chi connectivity index (χ4n) is 1.11. The van der Waals surface area contributed by atoms with Gasteiger partial charge in [-0.3, -0.25) is 0 Å². The van der Waals surface area contributed by atoms with Gasteiger partial charge in [-0.05, 0) is 19.3 Å². The molecule has 1 fully saturated rings. The second-order valence-corrected chi connectivity index (χ2v) is 2.49. The number of rotatable bonds is 3. The minimum Gasteiger partial charge on any atom is -0.499 e. The van der Waals surface area contributed by atoms with E-state index in [2.05, 4.69) is 6.58 Å². The minimum absolute atomic E-state index is 0.312. The van der Waals surface area contributed by atoms with Gasteiger partial charge in [-0.25, -0.2) is 0 Å². The summed E-state index contributed by atoms with van der Waals surface area (Å²) >= 11 is 0. The van der Waals surface area contributed by atoms with E-state index < -0.39 is 0 Å². The lowest BCUT2D eigenvalue weighted by Crippen LogP contribution is -2.23. The summed E-state index contributed by atoms with van der Waals surface area (Å²) in [5.74, 6) is 0. The number of ether oxygens (including phenoxy) is 2. The van der Waals surface area contributed by atoms with E-state index in [1.807, 2.05) is 0 Å². The molecule has 0 amide bonds. The fourth-order valence-corrected chi connectivity index (χ4v) is 1.11. The van der Waals surface area contributed by atoms with E-state index in [4.69, 9.17) is 9.47 Å². The molecule has 1 saturated heterocycles. The second-order valence-electron chi connectivity index (χ2n) is 2.49. The van der Waals surface area contributed by atoms with Gasteiger partial charge in [0.1, 0.15) is 6.61 Å². The summed E-state index contributed by atoms with van der Waals surface area (Å²) in [7, 11) is 0. The predicted molar refractivity (Wildman–Crippen MR) is 39.7 cm³/mol. The van der Waals surface area contributed by atoms with Crippen molar-refractivity contribution < 1.29 is 9.47 Å². The third kappa shape index (κ3) is 2.40. The third-order valence-corrected chi connectivity index (χ3v) is 1.67. The molecule has 1 rings (SSSR count). The van der Waals surface area contributed by atoms with Gasteiger partial charge in [-0.2, -0.15) is 0 Å². The van der Waals surface area contributed by atoms with Gasteiger partial charge in [0.05, 0.1) is 12.4 Å². The molecule has 0 saturated carbocycles. The maximum atomic E-state index is 5.41. The standard InChI is InChI=1S/C8H14O2/c1-2-9-7-8-5-3-4-6-10-8/h2,8H,1,3-7H2. The van der Waals surface area contributed by atoms with Crippen molar-refractivity contribution in [1.29, 1.82) is 0 Å². The van der Waals surface area contributed by atoms with E-state index in [9.17, 15) is 0 Å². The lowest BCUT2D eigenvalue weighted by atomic mass is 10.1. The highest BCUT2D eigenvalue weighted by molar-refractivity contribution is 4.63. The maximum Gasteiger partial charge on any atom is 0.113 e. The average molecular weight is 142 g/mol. The molecule has 0 aromatic rings. The highest BCUT2D eigenvalue weighted by atomic mass is 16.5. The molecule has 2 nitrogen and oxygen atoms in total. The van der Waals surface area contributed by atoms with Crippen LogP contribution in [0.15, 0.2) is 12.8 Å². The van der Waals surface area contributed by atoms with E-state index in [1.54, 1.807) is 0 Å². The quantitative estimate of drug-likeness (QED) is 0.558. The summed E-state index contributed by atoms with van der Waals surface area (Å²) < 4.78 is 10.4. The molecule has 1 unspecified atom stereocenters. The Bertz CT molecular complexity index is 95.4. The van der Waals surface area contributed by atoms with Crippen molar-refractivity contribution in [2.45, 2.75) is 25.4 Å². The Morgan fingerprint density at radius 2 is 2.50 bits per heavy atom. The zero-order valence-corrected chi connectivity index (χ0v) is 6.21. The van der Waals surface area contributed by atoms with Crippen LogP contribution < -0.4 is 0 Å². The summed E-state index contributed by atoms with van der Waals surface area (Å²) in [4.78, 5) is 0. The van der Waals surface area contributed by atoms with Crippen molar-refractivity contribution in [2.75, 3.05) is 13.2 Å². The van der Waals surface area contributed by atoms with E-state index >= 15 is 0 Å². The molecule has 1 aliphatic heterocycles. The topological polar surface area (TPSA) is 18.5 Å². The molecule has 10 heavy (non-hydrogen) atoms. The molecular formula is C8H14O2. The van der Waals surface area contributed by atoms with Crippen molar-refractivity contribution in [3.05, 3.63) is 12.8 Å². The molecule has 1 aliphatic rings. The van der Waals surface area contributed by atoms with Gasteiger partial charge in [0.25, 0.3) is 0 Å². The van der Waals surface area contributed by atoms with Crippen LogP contribution in [-0.4, -0.2) is 19.3 Å². The van der Waals surface area contributed by atoms with E-state index in [1.165, 1.54) is 19.1 Å². The van der Waals surface area contributed by atoms with Gasteiger partial charge in [0.15, 0.2) is 0 Å². The van der Waals surface area contributed by atoms with Crippen molar-refractivity contribution in [3.8, 4) is 0 Å². The SMILES string of the molecule is C=COCC1CCCCO1. The smallest absolute Gasteiger partial charge is 0.113 e. The highest BCUT2D eigenvalue weighted by Crippen LogP contribution is 2.12. The van der Waals surface area contributed by atoms with Crippen LogP contribution in [-0.2, 0) is 9.47 Å². The minimum atomic E-state index is 0.312. The van der Waals surface area contributed by atoms with Crippen LogP contribution in [0.2, 0.25) is 0 Å². The molecule has 58 valence electrons. The number of hydrogen-bond acceptors (Lipinski definition) is 2. The molecule has 0 aliphatic carbocycles. The van der Waals surface area contributed by atoms with Crippen LogP contribution in [0.4, 0.5) is 0 Å². The molecule has 0 spiro atoms. The zero-order valence-electron chi connectivity index (χ0n) is 6.21. The van der Waals surface area contributed by atoms with Crippen LogP contribution in [0.1, 0.15) is 19.3 Å². The Morgan fingerprint density at radius 3 is 3.10 bits per heavy atom. The highest BCUT2D eigenvalue weighted by Gasteiger charge is 2.12. The Balaban J connectivity index is 2.07. The van der Waals surface area contributed by atoms with Gasteiger partial charge in [-0.1, -0.05) is 6.58 Å². The monoisotopic (exact) mass is 142 g/mol. The van der Waals surface area contributed by atoms with E-state index in [0.717, 1.165) is 13.0 Å². The largest absolute Gasteiger partial charge is 0.499 e. The molecule has 0 radical (unpaired) electrons.